The van der Waals surface area contributed by atoms with Crippen LogP contribution in [0.25, 0.3) is 0 Å². The first-order valence-electron chi connectivity index (χ1n) is 31.9. The van der Waals surface area contributed by atoms with Gasteiger partial charge in [0.15, 0.2) is 11.9 Å². The Kier molecular flexibility index (Phi) is 35.9. The van der Waals surface area contributed by atoms with E-state index >= 15 is 0 Å². The summed E-state index contributed by atoms with van der Waals surface area (Å²) in [6.07, 6.45) is 0.855. The third-order valence-corrected chi connectivity index (χ3v) is 16.5. The number of aliphatic hydroxyl groups excluding tert-OH is 2. The molecule has 1 aromatic rings. The van der Waals surface area contributed by atoms with Crippen LogP contribution in [0.2, 0.25) is 0 Å². The Bertz CT molecular complexity index is 2620. The number of guanidine groups is 2. The Labute approximate surface area is 539 Å². The summed E-state index contributed by atoms with van der Waals surface area (Å²) in [7, 11) is 1.61. The molecule has 0 unspecified atom stereocenters. The van der Waals surface area contributed by atoms with Crippen molar-refractivity contribution in [3.05, 3.63) is 35.9 Å². The van der Waals surface area contributed by atoms with Gasteiger partial charge in [0.25, 0.3) is 0 Å². The van der Waals surface area contributed by atoms with Crippen LogP contribution >= 0.6 is 0 Å². The predicted molar refractivity (Wildman–Crippen MR) is 343 cm³/mol. The average Bonchev–Trinajstić information content (AvgIpc) is 1.73. The number of benzene rings is 1. The molecule has 16 atom stereocenters. The summed E-state index contributed by atoms with van der Waals surface area (Å²) in [5.74, 6) is -12.6. The second-order valence-electron chi connectivity index (χ2n) is 23.6. The normalized spacial score (nSPS) is 20.6. The number of nitrogens with one attached hydrogen (secondary N) is 15. The molecule has 1 heterocycles. The van der Waals surface area contributed by atoms with Crippen LogP contribution < -0.4 is 80.6 Å². The number of likely N-dealkylation sites (N-methyl/N-ethyl adjacent to an activating group) is 1. The van der Waals surface area contributed by atoms with Crippen molar-refractivity contribution >= 4 is 77.0 Å². The second-order valence-corrected chi connectivity index (χ2v) is 23.6. The van der Waals surface area contributed by atoms with Crippen molar-refractivity contribution in [1.29, 1.82) is 10.8 Å². The van der Waals surface area contributed by atoms with Crippen LogP contribution in [0.1, 0.15) is 139 Å². The van der Waals surface area contributed by atoms with E-state index in [2.05, 4.69) is 69.1 Å². The van der Waals surface area contributed by atoms with Gasteiger partial charge >= 0.3 is 5.97 Å². The van der Waals surface area contributed by atoms with Crippen LogP contribution in [-0.2, 0) is 63.9 Å². The van der Waals surface area contributed by atoms with Crippen molar-refractivity contribution in [1.82, 2.24) is 69.1 Å². The van der Waals surface area contributed by atoms with Crippen molar-refractivity contribution in [2.75, 3.05) is 33.4 Å². The van der Waals surface area contributed by atoms with Gasteiger partial charge in [0.1, 0.15) is 66.5 Å². The molecule has 31 heteroatoms. The topological polar surface area (TPSA) is 494 Å². The van der Waals surface area contributed by atoms with E-state index in [0.717, 1.165) is 5.56 Å². The average molecular weight is 1300 g/mol. The standard InChI is InChI=1S/C61H105N17O14/c1-12-22-38-50(82)77-47(35(9)16-5)59(91)92-36(10)48(58(90)71-39(49(81)69-38)25-20-27-67-60(62)63)78-54(86)43(31-80)73-56(88)45(33(7)14-3)76-57(89)46(34(8)15-4)74-51(83)40(26-21-28-68-61(64)65)70-53(85)42(30-79)72-55(87)44(32(6)13-2)75-52(84)41(66-11)29-37-23-18-17-19-24-37/h17-19,23-24,32-36,38-48,66,79-80H,12-16,20-22,25-31H2,1-11H3,(H,69,81)(H,70,85)(H,71,90)(H,72,87)(H,73,88)(H,74,83)(H,75,84)(H,76,89)(H,77,82)(H,78,86)(H4,62,63,67)(H4,64,65,68)/t32-,33-,34+,35-,36-,38-,39-,40+,41+,42-,43-,44-,45-,46+,47-,48+/m0/s1. The smallest absolute Gasteiger partial charge is 0.329 e. The van der Waals surface area contributed by atoms with Crippen molar-refractivity contribution < 1.29 is 67.7 Å². The van der Waals surface area contributed by atoms with E-state index < -0.39 is 174 Å². The van der Waals surface area contributed by atoms with Gasteiger partial charge in [-0.2, -0.15) is 0 Å². The molecule has 0 aromatic heterocycles. The summed E-state index contributed by atoms with van der Waals surface area (Å²) in [5, 5.41) is 70.6. The number of ether oxygens (including phenoxy) is 1. The van der Waals surface area contributed by atoms with E-state index in [1.54, 1.807) is 62.4 Å². The highest BCUT2D eigenvalue weighted by molar-refractivity contribution is 5.99. The van der Waals surface area contributed by atoms with Crippen molar-refractivity contribution in [3.8, 4) is 0 Å². The number of hydrogen-bond acceptors (Lipinski definition) is 17. The minimum absolute atomic E-state index is 0.0662. The molecule has 2 rings (SSSR count). The summed E-state index contributed by atoms with van der Waals surface area (Å²) in [6.45, 7) is 15.0. The summed E-state index contributed by atoms with van der Waals surface area (Å²) < 4.78 is 5.78. The zero-order valence-electron chi connectivity index (χ0n) is 55.2. The van der Waals surface area contributed by atoms with Gasteiger partial charge in [0, 0.05) is 13.1 Å². The zero-order chi connectivity index (χ0) is 69.4. The first kappa shape index (κ1) is 79.9. The molecule has 1 aromatic carbocycles. The Hall–Kier alpha value is -8.19. The molecular weight excluding hydrogens is 1190 g/mol. The molecule has 31 nitrogen and oxygen atoms in total. The lowest BCUT2D eigenvalue weighted by atomic mass is 9.94. The summed E-state index contributed by atoms with van der Waals surface area (Å²) in [4.78, 5) is 155. The van der Waals surface area contributed by atoms with E-state index in [0.29, 0.717) is 25.7 Å². The fraction of sp³-hybridized carbons (Fsp3) is 0.689. The van der Waals surface area contributed by atoms with E-state index in [9.17, 15) is 63.0 Å². The lowest BCUT2D eigenvalue weighted by Gasteiger charge is -2.31. The number of carbonyl (C=O) groups is 11. The highest BCUT2D eigenvalue weighted by Gasteiger charge is 2.41. The van der Waals surface area contributed by atoms with Crippen LogP contribution in [0.3, 0.4) is 0 Å². The van der Waals surface area contributed by atoms with Crippen LogP contribution in [-0.4, -0.2) is 193 Å². The summed E-state index contributed by atoms with van der Waals surface area (Å²) in [6, 6.07) is -5.99. The number of cyclic esters (lactones) is 1. The fourth-order valence-electron chi connectivity index (χ4n) is 9.80. The molecule has 1 fully saturated rings. The molecule has 1 aliphatic rings. The van der Waals surface area contributed by atoms with Crippen LogP contribution in [0, 0.1) is 34.5 Å². The number of hydrogen-bond donors (Lipinski definition) is 19. The maximum atomic E-state index is 14.5. The predicted octanol–water partition coefficient (Wildman–Crippen LogP) is -2.89. The number of carbonyl (C=O) groups excluding carboxylic acids is 11. The molecule has 21 N–H and O–H groups in total. The molecule has 0 radical (unpaired) electrons. The van der Waals surface area contributed by atoms with E-state index in [4.69, 9.17) is 27.0 Å². The van der Waals surface area contributed by atoms with Crippen LogP contribution in [0.5, 0.6) is 0 Å². The van der Waals surface area contributed by atoms with E-state index in [1.165, 1.54) is 6.92 Å². The highest BCUT2D eigenvalue weighted by atomic mass is 16.5. The molecule has 1 saturated heterocycles. The molecule has 1 aliphatic heterocycles. The molecular formula is C61H105N17O14. The van der Waals surface area contributed by atoms with Crippen LogP contribution in [0.4, 0.5) is 0 Å². The molecule has 10 amide bonds. The van der Waals surface area contributed by atoms with Crippen molar-refractivity contribution in [2.45, 2.75) is 212 Å². The molecule has 518 valence electrons. The number of amides is 10. The lowest BCUT2D eigenvalue weighted by Crippen LogP contribution is -2.63. The highest BCUT2D eigenvalue weighted by Crippen LogP contribution is 2.18. The lowest BCUT2D eigenvalue weighted by molar-refractivity contribution is -0.157. The monoisotopic (exact) mass is 1300 g/mol. The minimum atomic E-state index is -1.83. The maximum Gasteiger partial charge on any atom is 0.329 e. The molecule has 0 saturated carbocycles. The number of esters is 1. The van der Waals surface area contributed by atoms with E-state index in [-0.39, 0.29) is 70.0 Å². The van der Waals surface area contributed by atoms with Gasteiger partial charge in [-0.25, -0.2) is 4.79 Å². The third-order valence-electron chi connectivity index (χ3n) is 16.5. The van der Waals surface area contributed by atoms with Gasteiger partial charge in [0.2, 0.25) is 59.1 Å². The van der Waals surface area contributed by atoms with Gasteiger partial charge in [-0.3, -0.25) is 58.8 Å². The molecule has 0 aliphatic carbocycles. The largest absolute Gasteiger partial charge is 0.458 e. The zero-order valence-corrected chi connectivity index (χ0v) is 55.2. The molecule has 0 bridgehead atoms. The quantitative estimate of drug-likeness (QED) is 0.0138. The van der Waals surface area contributed by atoms with Gasteiger partial charge in [-0.15, -0.1) is 0 Å². The Morgan fingerprint density at radius 1 is 0.565 bits per heavy atom. The van der Waals surface area contributed by atoms with Crippen molar-refractivity contribution in [3.63, 3.8) is 0 Å². The SMILES string of the molecule is CCC[C@@H]1NC(=O)[C@H](CCCNC(=N)N)NC(=O)[C@H](NC(=O)[C@H](CO)NC(=O)[C@@H](NC(=O)[C@H](NC(=O)[C@@H](CCCNC(=N)N)NC(=O)[C@H](CO)NC(=O)[C@@H](NC(=O)[C@@H](Cc2ccccc2)NC)[C@@H](C)CC)[C@H](C)CC)[C@@H](C)CC)[C@H](C)OC(=O)[C@H]([C@@H](C)CC)NC1=O. The molecule has 0 spiro atoms. The van der Waals surface area contributed by atoms with Gasteiger partial charge < -0.3 is 95.5 Å². The fourth-order valence-corrected chi connectivity index (χ4v) is 9.80. The number of rotatable bonds is 37. The maximum absolute atomic E-state index is 14.5. The Morgan fingerprint density at radius 3 is 1.48 bits per heavy atom. The van der Waals surface area contributed by atoms with Crippen molar-refractivity contribution in [2.24, 2.45) is 35.1 Å². The number of aliphatic hydroxyl groups is 2. The van der Waals surface area contributed by atoms with Crippen LogP contribution in [0.15, 0.2) is 30.3 Å². The molecule has 92 heavy (non-hydrogen) atoms. The minimum Gasteiger partial charge on any atom is -0.458 e. The Balaban J connectivity index is 2.50. The second kappa shape index (κ2) is 41.3. The van der Waals surface area contributed by atoms with Gasteiger partial charge in [0.05, 0.1) is 19.3 Å². The summed E-state index contributed by atoms with van der Waals surface area (Å²) in [5.41, 5.74) is 11.8. The first-order valence-corrected chi connectivity index (χ1v) is 31.9. The first-order chi connectivity index (χ1) is 43.6. The van der Waals surface area contributed by atoms with Gasteiger partial charge in [-0.1, -0.05) is 125 Å². The van der Waals surface area contributed by atoms with Gasteiger partial charge in [-0.05, 0) is 81.7 Å². The number of nitrogens with two attached hydrogens (primary N) is 2. The third kappa shape index (κ3) is 26.2. The van der Waals surface area contributed by atoms with E-state index in [1.807, 2.05) is 37.3 Å². The Morgan fingerprint density at radius 2 is 1.00 bits per heavy atom. The summed E-state index contributed by atoms with van der Waals surface area (Å²) >= 11 is 0.